The standard InChI is InChI=1S/C23H25ClO2S/c1-15-11-12-27-22(15)21(20-10-9-19(24)13-16(20)2)8-4-6-17-5-3-7-18(14-17)23(25)26/h7-13,17H,3-6,14H2,1-2H3,(H,25,26)/b21-8-. The zero-order valence-electron chi connectivity index (χ0n) is 15.8. The lowest BCUT2D eigenvalue weighted by molar-refractivity contribution is -0.133. The van der Waals surface area contributed by atoms with E-state index in [9.17, 15) is 9.90 Å². The molecule has 1 aromatic carbocycles. The van der Waals surface area contributed by atoms with Crippen molar-refractivity contribution in [2.24, 2.45) is 5.92 Å². The van der Waals surface area contributed by atoms with Crippen molar-refractivity contribution >= 4 is 34.5 Å². The van der Waals surface area contributed by atoms with Crippen LogP contribution in [0.25, 0.3) is 5.57 Å². The predicted octanol–water partition coefficient (Wildman–Crippen LogP) is 7.04. The van der Waals surface area contributed by atoms with E-state index in [4.69, 9.17) is 11.6 Å². The van der Waals surface area contributed by atoms with Crippen molar-refractivity contribution in [3.63, 3.8) is 0 Å². The summed E-state index contributed by atoms with van der Waals surface area (Å²) in [7, 11) is 0. The molecule has 0 radical (unpaired) electrons. The number of aliphatic carboxylic acids is 1. The van der Waals surface area contributed by atoms with E-state index >= 15 is 0 Å². The molecule has 1 aliphatic rings. The molecule has 27 heavy (non-hydrogen) atoms. The Kier molecular flexibility index (Phi) is 6.56. The number of allylic oxidation sites excluding steroid dienone is 2. The second kappa shape index (κ2) is 8.90. The minimum atomic E-state index is -0.762. The summed E-state index contributed by atoms with van der Waals surface area (Å²) in [6.07, 6.45) is 8.83. The van der Waals surface area contributed by atoms with E-state index in [1.54, 1.807) is 11.3 Å². The summed E-state index contributed by atoms with van der Waals surface area (Å²) in [5, 5.41) is 12.1. The van der Waals surface area contributed by atoms with Gasteiger partial charge in [0.2, 0.25) is 0 Å². The van der Waals surface area contributed by atoms with Crippen LogP contribution in [0.3, 0.4) is 0 Å². The molecule has 0 aliphatic heterocycles. The Morgan fingerprint density at radius 1 is 1.30 bits per heavy atom. The van der Waals surface area contributed by atoms with Gasteiger partial charge in [-0.3, -0.25) is 0 Å². The number of thiophene rings is 1. The van der Waals surface area contributed by atoms with Gasteiger partial charge in [-0.15, -0.1) is 11.3 Å². The number of carboxylic acid groups (broad SMARTS) is 1. The van der Waals surface area contributed by atoms with Crippen LogP contribution in [0, 0.1) is 19.8 Å². The molecule has 1 heterocycles. The van der Waals surface area contributed by atoms with Crippen molar-refractivity contribution in [2.75, 3.05) is 0 Å². The summed E-state index contributed by atoms with van der Waals surface area (Å²) >= 11 is 7.92. The summed E-state index contributed by atoms with van der Waals surface area (Å²) in [6, 6.07) is 8.23. The van der Waals surface area contributed by atoms with E-state index in [2.05, 4.69) is 37.4 Å². The number of rotatable bonds is 6. The predicted molar refractivity (Wildman–Crippen MR) is 115 cm³/mol. The van der Waals surface area contributed by atoms with Gasteiger partial charge < -0.3 is 5.11 Å². The van der Waals surface area contributed by atoms with Crippen molar-refractivity contribution in [1.29, 1.82) is 0 Å². The zero-order valence-corrected chi connectivity index (χ0v) is 17.4. The smallest absolute Gasteiger partial charge is 0.331 e. The van der Waals surface area contributed by atoms with E-state index in [0.717, 1.165) is 30.7 Å². The second-order valence-corrected chi connectivity index (χ2v) is 8.62. The Balaban J connectivity index is 1.81. The van der Waals surface area contributed by atoms with E-state index in [0.29, 0.717) is 17.9 Å². The maximum atomic E-state index is 11.2. The molecule has 0 fully saturated rings. The summed E-state index contributed by atoms with van der Waals surface area (Å²) in [5.41, 5.74) is 5.53. The van der Waals surface area contributed by atoms with E-state index < -0.39 is 5.97 Å². The van der Waals surface area contributed by atoms with Crippen molar-refractivity contribution in [2.45, 2.75) is 46.0 Å². The van der Waals surface area contributed by atoms with E-state index in [1.807, 2.05) is 18.2 Å². The SMILES string of the molecule is Cc1cc(Cl)ccc1/C(=C/CCC1CCC=C(C(=O)O)C1)c1sccc1C. The lowest BCUT2D eigenvalue weighted by atomic mass is 9.85. The molecule has 2 aromatic rings. The van der Waals surface area contributed by atoms with Crippen LogP contribution < -0.4 is 0 Å². The van der Waals surface area contributed by atoms with Crippen LogP contribution in [0.1, 0.15) is 53.7 Å². The summed E-state index contributed by atoms with van der Waals surface area (Å²) in [5.74, 6) is -0.309. The Morgan fingerprint density at radius 3 is 2.78 bits per heavy atom. The molecule has 1 N–H and O–H groups in total. The Bertz CT molecular complexity index is 892. The maximum absolute atomic E-state index is 11.2. The van der Waals surface area contributed by atoms with Crippen LogP contribution in [-0.4, -0.2) is 11.1 Å². The first-order chi connectivity index (χ1) is 13.0. The first-order valence-corrected chi connectivity index (χ1v) is 10.6. The molecule has 0 saturated heterocycles. The third-order valence-electron chi connectivity index (χ3n) is 5.26. The summed E-state index contributed by atoms with van der Waals surface area (Å²) in [6.45, 7) is 4.25. The first kappa shape index (κ1) is 19.9. The highest BCUT2D eigenvalue weighted by atomic mass is 35.5. The van der Waals surface area contributed by atoms with Crippen LogP contribution in [-0.2, 0) is 4.79 Å². The van der Waals surface area contributed by atoms with E-state index in [1.165, 1.54) is 27.1 Å². The van der Waals surface area contributed by atoms with Gasteiger partial charge in [-0.1, -0.05) is 29.8 Å². The van der Waals surface area contributed by atoms with Gasteiger partial charge in [0.1, 0.15) is 0 Å². The molecule has 1 aliphatic carbocycles. The van der Waals surface area contributed by atoms with Gasteiger partial charge in [-0.2, -0.15) is 0 Å². The molecule has 0 amide bonds. The van der Waals surface area contributed by atoms with Gasteiger partial charge in [0.15, 0.2) is 0 Å². The van der Waals surface area contributed by atoms with Crippen LogP contribution >= 0.6 is 22.9 Å². The minimum absolute atomic E-state index is 0.453. The minimum Gasteiger partial charge on any atom is -0.478 e. The summed E-state index contributed by atoms with van der Waals surface area (Å²) in [4.78, 5) is 12.5. The van der Waals surface area contributed by atoms with Crippen molar-refractivity contribution in [1.82, 2.24) is 0 Å². The topological polar surface area (TPSA) is 37.3 Å². The average Bonchev–Trinajstić information content (AvgIpc) is 3.05. The molecule has 3 rings (SSSR count). The van der Waals surface area contributed by atoms with Crippen LogP contribution in [0.15, 0.2) is 47.4 Å². The molecule has 4 heteroatoms. The lowest BCUT2D eigenvalue weighted by Gasteiger charge is -2.20. The molecule has 1 atom stereocenters. The van der Waals surface area contributed by atoms with Crippen LogP contribution in [0.4, 0.5) is 0 Å². The first-order valence-electron chi connectivity index (χ1n) is 9.39. The Labute approximate surface area is 170 Å². The number of halogens is 1. The van der Waals surface area contributed by atoms with Gasteiger partial charge in [0.25, 0.3) is 0 Å². The fourth-order valence-corrected chi connectivity index (χ4v) is 4.99. The Morgan fingerprint density at radius 2 is 2.11 bits per heavy atom. The van der Waals surface area contributed by atoms with Gasteiger partial charge in [0.05, 0.1) is 0 Å². The molecule has 1 unspecified atom stereocenters. The second-order valence-electron chi connectivity index (χ2n) is 7.27. The quantitative estimate of drug-likeness (QED) is 0.564. The number of benzene rings is 1. The molecular weight excluding hydrogens is 376 g/mol. The van der Waals surface area contributed by atoms with Gasteiger partial charge in [-0.05, 0) is 97.7 Å². The third-order valence-corrected chi connectivity index (χ3v) is 6.54. The van der Waals surface area contributed by atoms with E-state index in [-0.39, 0.29) is 0 Å². The monoisotopic (exact) mass is 400 g/mol. The number of carbonyl (C=O) groups is 1. The van der Waals surface area contributed by atoms with Gasteiger partial charge in [-0.25, -0.2) is 4.79 Å². The van der Waals surface area contributed by atoms with Crippen molar-refractivity contribution in [3.8, 4) is 0 Å². The average molecular weight is 401 g/mol. The fourth-order valence-electron chi connectivity index (χ4n) is 3.78. The maximum Gasteiger partial charge on any atom is 0.331 e. The normalized spacial score (nSPS) is 17.7. The molecule has 0 bridgehead atoms. The molecule has 1 aromatic heterocycles. The van der Waals surface area contributed by atoms with Crippen LogP contribution in [0.2, 0.25) is 5.02 Å². The molecule has 0 spiro atoms. The number of carboxylic acids is 1. The highest BCUT2D eigenvalue weighted by Gasteiger charge is 2.19. The molecular formula is C23H25ClO2S. The number of hydrogen-bond donors (Lipinski definition) is 1. The van der Waals surface area contributed by atoms with Gasteiger partial charge in [0, 0.05) is 15.5 Å². The number of hydrogen-bond acceptors (Lipinski definition) is 2. The molecule has 142 valence electrons. The van der Waals surface area contributed by atoms with Gasteiger partial charge >= 0.3 is 5.97 Å². The molecule has 2 nitrogen and oxygen atoms in total. The Hall–Kier alpha value is -1.84. The summed E-state index contributed by atoms with van der Waals surface area (Å²) < 4.78 is 0. The fraction of sp³-hybridized carbons (Fsp3) is 0.348. The zero-order chi connectivity index (χ0) is 19.4. The van der Waals surface area contributed by atoms with Crippen molar-refractivity contribution in [3.05, 3.63) is 74.0 Å². The largest absolute Gasteiger partial charge is 0.478 e. The van der Waals surface area contributed by atoms with Crippen LogP contribution in [0.5, 0.6) is 0 Å². The highest BCUT2D eigenvalue weighted by molar-refractivity contribution is 7.11. The lowest BCUT2D eigenvalue weighted by Crippen LogP contribution is -2.12. The third kappa shape index (κ3) is 4.91. The van der Waals surface area contributed by atoms with Crippen molar-refractivity contribution < 1.29 is 9.90 Å². The highest BCUT2D eigenvalue weighted by Crippen LogP contribution is 2.35. The number of aryl methyl sites for hydroxylation is 2. The molecule has 0 saturated carbocycles.